The highest BCUT2D eigenvalue weighted by molar-refractivity contribution is 5.61. The van der Waals surface area contributed by atoms with E-state index in [9.17, 15) is 0 Å². The third kappa shape index (κ3) is 1.51. The molecule has 0 unspecified atom stereocenters. The van der Waals surface area contributed by atoms with Crippen molar-refractivity contribution in [3.63, 3.8) is 0 Å². The Bertz CT molecular complexity index is 669. The molecule has 0 atom stereocenters. The van der Waals surface area contributed by atoms with Crippen LogP contribution in [0.2, 0.25) is 0 Å². The molecule has 0 radical (unpaired) electrons. The van der Waals surface area contributed by atoms with E-state index in [1.807, 2.05) is 40.9 Å². The molecule has 0 aliphatic carbocycles. The Morgan fingerprint density at radius 1 is 0.941 bits per heavy atom. The highest BCUT2D eigenvalue weighted by Crippen LogP contribution is 2.20. The summed E-state index contributed by atoms with van der Waals surface area (Å²) in [4.78, 5) is 0. The van der Waals surface area contributed by atoms with Crippen LogP contribution >= 0.6 is 0 Å². The number of benzene rings is 1. The Morgan fingerprint density at radius 3 is 2.47 bits per heavy atom. The largest absolute Gasteiger partial charge is 0.282 e. The molecule has 0 saturated carbocycles. The van der Waals surface area contributed by atoms with Crippen LogP contribution in [0.15, 0.2) is 42.6 Å². The van der Waals surface area contributed by atoms with Crippen molar-refractivity contribution in [1.82, 2.24) is 14.6 Å². The van der Waals surface area contributed by atoms with Gasteiger partial charge in [0.2, 0.25) is 0 Å². The molecule has 3 rings (SSSR count). The van der Waals surface area contributed by atoms with E-state index in [2.05, 4.69) is 30.1 Å². The molecule has 0 N–H and O–H groups in total. The van der Waals surface area contributed by atoms with Crippen molar-refractivity contribution in [2.75, 3.05) is 0 Å². The fourth-order valence-corrected chi connectivity index (χ4v) is 1.96. The van der Waals surface area contributed by atoms with Gasteiger partial charge >= 0.3 is 0 Å². The number of hydrogen-bond donors (Lipinski definition) is 0. The molecule has 84 valence electrons. The summed E-state index contributed by atoms with van der Waals surface area (Å²) >= 11 is 0. The van der Waals surface area contributed by atoms with Crippen molar-refractivity contribution in [1.29, 1.82) is 0 Å². The first-order valence-corrected chi connectivity index (χ1v) is 5.64. The average molecular weight is 223 g/mol. The van der Waals surface area contributed by atoms with E-state index in [0.29, 0.717) is 0 Å². The van der Waals surface area contributed by atoms with E-state index in [-0.39, 0.29) is 0 Å². The SMILES string of the molecule is Cc1ccn2c(-c3ccccc3)nnc2c1C. The van der Waals surface area contributed by atoms with E-state index < -0.39 is 0 Å². The van der Waals surface area contributed by atoms with E-state index >= 15 is 0 Å². The molecule has 0 aliphatic rings. The van der Waals surface area contributed by atoms with Crippen LogP contribution in [-0.2, 0) is 0 Å². The summed E-state index contributed by atoms with van der Waals surface area (Å²) in [5.74, 6) is 0.892. The molecule has 3 heteroatoms. The number of nitrogens with zero attached hydrogens (tertiary/aromatic N) is 3. The van der Waals surface area contributed by atoms with Gasteiger partial charge in [0.25, 0.3) is 0 Å². The van der Waals surface area contributed by atoms with Gasteiger partial charge in [0.15, 0.2) is 11.5 Å². The lowest BCUT2D eigenvalue weighted by Crippen LogP contribution is -1.92. The third-order valence-corrected chi connectivity index (χ3v) is 3.13. The Hall–Kier alpha value is -2.16. The molecule has 1 aromatic carbocycles. The molecular formula is C14H13N3. The van der Waals surface area contributed by atoms with Gasteiger partial charge in [0.1, 0.15) is 0 Å². The number of aromatic nitrogens is 3. The van der Waals surface area contributed by atoms with Crippen molar-refractivity contribution < 1.29 is 0 Å². The lowest BCUT2D eigenvalue weighted by Gasteiger charge is -2.03. The van der Waals surface area contributed by atoms with Crippen molar-refractivity contribution in [3.05, 3.63) is 53.7 Å². The minimum atomic E-state index is 0.892. The minimum absolute atomic E-state index is 0.892. The maximum absolute atomic E-state index is 4.28. The van der Waals surface area contributed by atoms with Gasteiger partial charge in [-0.25, -0.2) is 0 Å². The first-order valence-electron chi connectivity index (χ1n) is 5.64. The maximum Gasteiger partial charge on any atom is 0.168 e. The van der Waals surface area contributed by atoms with Gasteiger partial charge in [0.05, 0.1) is 0 Å². The topological polar surface area (TPSA) is 30.2 Å². The van der Waals surface area contributed by atoms with Gasteiger partial charge in [-0.3, -0.25) is 4.40 Å². The molecule has 3 aromatic rings. The van der Waals surface area contributed by atoms with Gasteiger partial charge in [-0.2, -0.15) is 0 Å². The summed E-state index contributed by atoms with van der Waals surface area (Å²) in [6.45, 7) is 4.17. The smallest absolute Gasteiger partial charge is 0.168 e. The molecule has 0 spiro atoms. The summed E-state index contributed by atoms with van der Waals surface area (Å²) in [5, 5.41) is 8.55. The standard InChI is InChI=1S/C14H13N3/c1-10-8-9-17-13(11(10)2)15-16-14(17)12-6-4-3-5-7-12/h3-9H,1-2H3. The van der Waals surface area contributed by atoms with Gasteiger partial charge < -0.3 is 0 Å². The lowest BCUT2D eigenvalue weighted by molar-refractivity contribution is 1.11. The first-order chi connectivity index (χ1) is 8.27. The zero-order valence-electron chi connectivity index (χ0n) is 9.88. The quantitative estimate of drug-likeness (QED) is 0.634. The van der Waals surface area contributed by atoms with Gasteiger partial charge in [-0.05, 0) is 31.0 Å². The number of pyridine rings is 1. The molecule has 0 bridgehead atoms. The van der Waals surface area contributed by atoms with Crippen molar-refractivity contribution in [2.45, 2.75) is 13.8 Å². The number of hydrogen-bond acceptors (Lipinski definition) is 2. The van der Waals surface area contributed by atoms with Gasteiger partial charge in [-0.1, -0.05) is 30.3 Å². The molecule has 0 fully saturated rings. The normalized spacial score (nSPS) is 10.9. The van der Waals surface area contributed by atoms with Gasteiger partial charge in [-0.15, -0.1) is 10.2 Å². The van der Waals surface area contributed by atoms with Crippen molar-refractivity contribution >= 4 is 5.65 Å². The molecule has 0 aliphatic heterocycles. The Balaban J connectivity index is 2.30. The second-order valence-electron chi connectivity index (χ2n) is 4.21. The molecule has 17 heavy (non-hydrogen) atoms. The zero-order chi connectivity index (χ0) is 11.8. The molecule has 0 amide bonds. The van der Waals surface area contributed by atoms with Crippen LogP contribution in [0.4, 0.5) is 0 Å². The van der Waals surface area contributed by atoms with Crippen molar-refractivity contribution in [2.24, 2.45) is 0 Å². The van der Waals surface area contributed by atoms with Crippen LogP contribution in [-0.4, -0.2) is 14.6 Å². The maximum atomic E-state index is 4.28. The summed E-state index contributed by atoms with van der Waals surface area (Å²) < 4.78 is 2.04. The second kappa shape index (κ2) is 3.70. The second-order valence-corrected chi connectivity index (χ2v) is 4.21. The van der Waals surface area contributed by atoms with E-state index in [0.717, 1.165) is 17.0 Å². The summed E-state index contributed by atoms with van der Waals surface area (Å²) in [5.41, 5.74) is 4.44. The molecule has 3 nitrogen and oxygen atoms in total. The van der Waals surface area contributed by atoms with E-state index in [1.54, 1.807) is 0 Å². The Kier molecular flexibility index (Phi) is 2.18. The van der Waals surface area contributed by atoms with Crippen LogP contribution in [0.25, 0.3) is 17.0 Å². The first kappa shape index (κ1) is 10.0. The predicted octanol–water partition coefficient (Wildman–Crippen LogP) is 3.01. The van der Waals surface area contributed by atoms with Crippen LogP contribution < -0.4 is 0 Å². The van der Waals surface area contributed by atoms with Crippen LogP contribution in [0.5, 0.6) is 0 Å². The zero-order valence-corrected chi connectivity index (χ0v) is 9.88. The average Bonchev–Trinajstić information content (AvgIpc) is 2.79. The predicted molar refractivity (Wildman–Crippen MR) is 67.9 cm³/mol. The monoisotopic (exact) mass is 223 g/mol. The minimum Gasteiger partial charge on any atom is -0.282 e. The fraction of sp³-hybridized carbons (Fsp3) is 0.143. The number of fused-ring (bicyclic) bond motifs is 1. The Labute approximate surface area is 99.7 Å². The summed E-state index contributed by atoms with van der Waals surface area (Å²) in [6.07, 6.45) is 2.03. The lowest BCUT2D eigenvalue weighted by atomic mass is 10.1. The van der Waals surface area contributed by atoms with Crippen LogP contribution in [0.1, 0.15) is 11.1 Å². The summed E-state index contributed by atoms with van der Waals surface area (Å²) in [6, 6.07) is 12.2. The number of rotatable bonds is 1. The number of aryl methyl sites for hydroxylation is 2. The van der Waals surface area contributed by atoms with E-state index in [1.165, 1.54) is 11.1 Å². The molecular weight excluding hydrogens is 210 g/mol. The highest BCUT2D eigenvalue weighted by Gasteiger charge is 2.09. The van der Waals surface area contributed by atoms with Crippen LogP contribution in [0.3, 0.4) is 0 Å². The third-order valence-electron chi connectivity index (χ3n) is 3.13. The molecule has 2 heterocycles. The van der Waals surface area contributed by atoms with Crippen molar-refractivity contribution in [3.8, 4) is 11.4 Å². The van der Waals surface area contributed by atoms with Gasteiger partial charge in [0, 0.05) is 11.8 Å². The molecule has 0 saturated heterocycles. The summed E-state index contributed by atoms with van der Waals surface area (Å²) in [7, 11) is 0. The van der Waals surface area contributed by atoms with E-state index in [4.69, 9.17) is 0 Å². The van der Waals surface area contributed by atoms with Crippen LogP contribution in [0, 0.1) is 13.8 Å². The fourth-order valence-electron chi connectivity index (χ4n) is 1.96. The Morgan fingerprint density at radius 2 is 1.71 bits per heavy atom. The highest BCUT2D eigenvalue weighted by atomic mass is 15.2. The molecule has 2 aromatic heterocycles.